The fourth-order valence-corrected chi connectivity index (χ4v) is 10.3. The van der Waals surface area contributed by atoms with Crippen molar-refractivity contribution in [1.82, 2.24) is 30.1 Å². The molecule has 1 aromatic heterocycles. The maximum Gasteiger partial charge on any atom is 0.318 e. The van der Waals surface area contributed by atoms with Crippen LogP contribution in [0.2, 0.25) is 0 Å². The highest BCUT2D eigenvalue weighted by molar-refractivity contribution is 7.91. The third kappa shape index (κ3) is 8.97. The van der Waals surface area contributed by atoms with Gasteiger partial charge in [0.1, 0.15) is 23.4 Å². The third-order valence-electron chi connectivity index (χ3n) is 12.7. The van der Waals surface area contributed by atoms with E-state index >= 15 is 0 Å². The lowest BCUT2D eigenvalue weighted by Crippen LogP contribution is -2.70. The molecule has 4 N–H and O–H groups in total. The number of nitrogens with zero attached hydrogens (tertiary/aromatic N) is 2. The van der Waals surface area contributed by atoms with Gasteiger partial charge in [-0.05, 0) is 100 Å². The van der Waals surface area contributed by atoms with E-state index in [1.807, 2.05) is 30.4 Å². The lowest BCUT2D eigenvalue weighted by Gasteiger charge is -2.47. The maximum absolute atomic E-state index is 14.3. The number of urea groups is 1. The summed E-state index contributed by atoms with van der Waals surface area (Å²) in [6.45, 7) is 5.52. The fraction of sp³-hybridized carbons (Fsp3) is 0.595. The summed E-state index contributed by atoms with van der Waals surface area (Å²) in [6.07, 6.45) is 13.5. The van der Waals surface area contributed by atoms with Crippen molar-refractivity contribution >= 4 is 50.8 Å². The van der Waals surface area contributed by atoms with E-state index in [2.05, 4.69) is 26.9 Å². The van der Waals surface area contributed by atoms with E-state index in [1.54, 1.807) is 24.2 Å². The van der Waals surface area contributed by atoms with Gasteiger partial charge in [0, 0.05) is 43.8 Å². The zero-order valence-corrected chi connectivity index (χ0v) is 34.0. The molecule has 5 atom stereocenters. The summed E-state index contributed by atoms with van der Waals surface area (Å²) in [6, 6.07) is 5.39. The number of H-pyrrole nitrogens is 1. The first-order valence-corrected chi connectivity index (χ1v) is 22.3. The number of amides is 5. The summed E-state index contributed by atoms with van der Waals surface area (Å²) in [7, 11) is -2.26. The molecule has 16 heteroatoms. The molecule has 15 nitrogen and oxygen atoms in total. The molecule has 7 rings (SSSR count). The first-order chi connectivity index (χ1) is 27.9. The second kappa shape index (κ2) is 17.7. The fourth-order valence-electron chi connectivity index (χ4n) is 8.93. The molecule has 3 saturated carbocycles. The molecule has 0 bridgehead atoms. The molecule has 314 valence electrons. The monoisotopic (exact) mass is 820 g/mol. The van der Waals surface area contributed by atoms with E-state index in [0.29, 0.717) is 88.0 Å². The molecule has 58 heavy (non-hydrogen) atoms. The molecule has 2 saturated heterocycles. The van der Waals surface area contributed by atoms with Crippen LogP contribution in [0.4, 0.5) is 4.79 Å². The van der Waals surface area contributed by atoms with Gasteiger partial charge in [-0.3, -0.25) is 23.9 Å². The highest BCUT2D eigenvalue weighted by Gasteiger charge is 2.55. The van der Waals surface area contributed by atoms with E-state index in [4.69, 9.17) is 9.47 Å². The molecule has 0 radical (unpaired) electrons. The van der Waals surface area contributed by atoms with Crippen LogP contribution in [0.1, 0.15) is 89.0 Å². The van der Waals surface area contributed by atoms with Crippen LogP contribution >= 0.6 is 0 Å². The molecule has 2 aliphatic heterocycles. The van der Waals surface area contributed by atoms with Gasteiger partial charge in [0.05, 0.1) is 24.0 Å². The molecule has 5 fully saturated rings. The second-order valence-electron chi connectivity index (χ2n) is 16.5. The van der Waals surface area contributed by atoms with Crippen molar-refractivity contribution in [1.29, 1.82) is 0 Å². The zero-order valence-electron chi connectivity index (χ0n) is 33.2. The molecule has 0 unspecified atom stereocenters. The first kappa shape index (κ1) is 41.5. The Bertz CT molecular complexity index is 2090. The number of carbonyl (C=O) groups is 4. The number of pyridine rings is 1. The summed E-state index contributed by atoms with van der Waals surface area (Å²) < 4.78 is 38.9. The number of hydrogen-bond donors (Lipinski definition) is 4. The van der Waals surface area contributed by atoms with Crippen LogP contribution in [0.25, 0.3) is 17.0 Å². The van der Waals surface area contributed by atoms with Crippen LogP contribution in [0.15, 0.2) is 47.8 Å². The van der Waals surface area contributed by atoms with Gasteiger partial charge >= 0.3 is 6.03 Å². The van der Waals surface area contributed by atoms with Crippen LogP contribution in [0, 0.1) is 11.8 Å². The predicted octanol–water partition coefficient (Wildman–Crippen LogP) is 3.74. The molecule has 1 aromatic carbocycles. The standard InChI is InChI=1S/C42H56N6O9S/c1-3-30-18-20-42(30,40(52)46-58(54,55)33-16-17-33)45-38(50)35-13-9-21-48(35)39(51)36(27-10-6-7-11-27)44-41(53)47-22-19-32(26-47)57-23-8-4-5-12-29-24-28-14-15-31(56-2)25-34(28)43-37(29)49/h3,5,12,14-15,24-25,27,30,32-33,35-36H,1,4,6-11,13,16-23,26H2,2H3,(H,43,49)(H,44,53)(H,45,50)(H,46,52)/b12-5+/t30-,32-,35+,36+,42-/m1/s1. The zero-order chi connectivity index (χ0) is 41.0. The Balaban J connectivity index is 0.910. The van der Waals surface area contributed by atoms with Crippen LogP contribution in [0.5, 0.6) is 5.75 Å². The highest BCUT2D eigenvalue weighted by Crippen LogP contribution is 2.41. The van der Waals surface area contributed by atoms with Gasteiger partial charge in [0.15, 0.2) is 0 Å². The Morgan fingerprint density at radius 1 is 1.03 bits per heavy atom. The molecule has 5 amide bonds. The van der Waals surface area contributed by atoms with E-state index in [9.17, 15) is 32.4 Å². The van der Waals surface area contributed by atoms with Gasteiger partial charge < -0.3 is 34.9 Å². The van der Waals surface area contributed by atoms with Crippen LogP contribution in [-0.4, -0.2) is 109 Å². The van der Waals surface area contributed by atoms with E-state index < -0.39 is 50.6 Å². The summed E-state index contributed by atoms with van der Waals surface area (Å²) in [5, 5.41) is 6.23. The SMILES string of the molecule is C=C[C@@H]1CC[C@]1(NC(=O)[C@@H]1CCCN1C(=O)[C@@H](NC(=O)N1CC[C@@H](OCCC/C=C/c2cc3ccc(OC)cc3[nH]c2=O)C1)C1CCCC1)C(=O)NS(=O)(=O)C1CC1. The summed E-state index contributed by atoms with van der Waals surface area (Å²) in [5.74, 6) is -1.44. The number of aromatic nitrogens is 1. The minimum atomic E-state index is -3.84. The van der Waals surface area contributed by atoms with Crippen LogP contribution in [0.3, 0.4) is 0 Å². The summed E-state index contributed by atoms with van der Waals surface area (Å²) in [4.78, 5) is 74.1. The van der Waals surface area contributed by atoms with Gasteiger partial charge in [-0.1, -0.05) is 31.1 Å². The Morgan fingerprint density at radius 2 is 1.83 bits per heavy atom. The number of rotatable bonds is 16. The Hall–Kier alpha value is -4.70. The first-order valence-electron chi connectivity index (χ1n) is 20.8. The molecular weight excluding hydrogens is 765 g/mol. The van der Waals surface area contributed by atoms with Crippen LogP contribution < -0.4 is 25.7 Å². The van der Waals surface area contributed by atoms with Crippen molar-refractivity contribution in [3.63, 3.8) is 0 Å². The number of benzene rings is 1. The van der Waals surface area contributed by atoms with Gasteiger partial charge in [-0.2, -0.15) is 0 Å². The highest BCUT2D eigenvalue weighted by atomic mass is 32.2. The lowest BCUT2D eigenvalue weighted by atomic mass is 9.66. The van der Waals surface area contributed by atoms with E-state index in [0.717, 1.165) is 37.5 Å². The van der Waals surface area contributed by atoms with Gasteiger partial charge in [-0.25, -0.2) is 13.2 Å². The molecule has 3 aliphatic carbocycles. The van der Waals surface area contributed by atoms with Crippen molar-refractivity contribution in [3.8, 4) is 5.75 Å². The normalized spacial score (nSPS) is 25.4. The Labute approximate surface area is 339 Å². The minimum absolute atomic E-state index is 0.0706. The van der Waals surface area contributed by atoms with Crippen LogP contribution in [-0.2, 0) is 29.1 Å². The minimum Gasteiger partial charge on any atom is -0.497 e. The number of ether oxygens (including phenoxy) is 2. The van der Waals surface area contributed by atoms with Crippen molar-refractivity contribution in [2.75, 3.05) is 33.4 Å². The average Bonchev–Trinajstić information content (AvgIpc) is 3.53. The molecule has 3 heterocycles. The van der Waals surface area contributed by atoms with Crippen molar-refractivity contribution < 1.29 is 37.1 Å². The van der Waals surface area contributed by atoms with E-state index in [1.165, 1.54) is 4.90 Å². The number of allylic oxidation sites excluding steroid dienone is 1. The summed E-state index contributed by atoms with van der Waals surface area (Å²) in [5.41, 5.74) is -0.355. The quantitative estimate of drug-likeness (QED) is 0.144. The van der Waals surface area contributed by atoms with E-state index in [-0.39, 0.29) is 35.9 Å². The topological polar surface area (TPSA) is 196 Å². The lowest BCUT2D eigenvalue weighted by molar-refractivity contribution is -0.145. The Morgan fingerprint density at radius 3 is 2.53 bits per heavy atom. The smallest absolute Gasteiger partial charge is 0.318 e. The number of methoxy groups -OCH3 is 1. The number of hydrogen-bond acceptors (Lipinski definition) is 9. The number of carbonyl (C=O) groups excluding carboxylic acids is 4. The number of aromatic amines is 1. The average molecular weight is 821 g/mol. The number of nitrogens with one attached hydrogen (secondary N) is 4. The molecule has 5 aliphatic rings. The number of fused-ring (bicyclic) bond motifs is 1. The largest absolute Gasteiger partial charge is 0.497 e. The number of unbranched alkanes of at least 4 members (excludes halogenated alkanes) is 1. The third-order valence-corrected chi connectivity index (χ3v) is 14.5. The maximum atomic E-state index is 14.3. The Kier molecular flexibility index (Phi) is 12.6. The van der Waals surface area contributed by atoms with Crippen molar-refractivity contribution in [2.45, 2.75) is 112 Å². The number of sulfonamides is 1. The van der Waals surface area contributed by atoms with Crippen molar-refractivity contribution in [2.24, 2.45) is 11.8 Å². The second-order valence-corrected chi connectivity index (χ2v) is 18.4. The van der Waals surface area contributed by atoms with Gasteiger partial charge in [0.2, 0.25) is 21.8 Å². The number of likely N-dealkylation sites (tertiary alicyclic amines) is 2. The molecular formula is C42H56N6O9S. The predicted molar refractivity (Wildman–Crippen MR) is 218 cm³/mol. The molecule has 2 aromatic rings. The summed E-state index contributed by atoms with van der Waals surface area (Å²) >= 11 is 0. The van der Waals surface area contributed by atoms with Gasteiger partial charge in [-0.15, -0.1) is 6.58 Å². The van der Waals surface area contributed by atoms with Crippen molar-refractivity contribution in [3.05, 3.63) is 58.9 Å². The van der Waals surface area contributed by atoms with Gasteiger partial charge in [0.25, 0.3) is 11.5 Å². The molecule has 0 spiro atoms.